The van der Waals surface area contributed by atoms with Crippen LogP contribution >= 0.6 is 11.8 Å². The maximum atomic E-state index is 4.79. The second-order valence-electron chi connectivity index (χ2n) is 4.88. The van der Waals surface area contributed by atoms with Crippen molar-refractivity contribution in [2.75, 3.05) is 11.5 Å². The van der Waals surface area contributed by atoms with Crippen molar-refractivity contribution in [3.63, 3.8) is 0 Å². The summed E-state index contributed by atoms with van der Waals surface area (Å²) in [4.78, 5) is 4.79. The SMILES string of the molecule is CCC1CSCC(c2nc3ccccc3n2C)N1. The minimum atomic E-state index is 0.381. The smallest absolute Gasteiger partial charge is 0.127 e. The van der Waals surface area contributed by atoms with Gasteiger partial charge in [0.05, 0.1) is 17.1 Å². The van der Waals surface area contributed by atoms with Gasteiger partial charge >= 0.3 is 0 Å². The third kappa shape index (κ3) is 2.04. The number of benzene rings is 1. The van der Waals surface area contributed by atoms with E-state index in [9.17, 15) is 0 Å². The second kappa shape index (κ2) is 4.94. The summed E-state index contributed by atoms with van der Waals surface area (Å²) < 4.78 is 2.23. The van der Waals surface area contributed by atoms with Gasteiger partial charge in [0, 0.05) is 24.6 Å². The summed E-state index contributed by atoms with van der Waals surface area (Å²) in [7, 11) is 2.12. The Kier molecular flexibility index (Phi) is 3.31. The molecule has 1 aromatic carbocycles. The first-order valence-corrected chi connectivity index (χ1v) is 7.70. The van der Waals surface area contributed by atoms with Crippen molar-refractivity contribution in [2.45, 2.75) is 25.4 Å². The summed E-state index contributed by atoms with van der Waals surface area (Å²) in [5.74, 6) is 3.51. The molecule has 0 saturated carbocycles. The van der Waals surface area contributed by atoms with Crippen LogP contribution in [0.4, 0.5) is 0 Å². The normalized spacial score (nSPS) is 24.6. The number of para-hydroxylation sites is 2. The molecular formula is C14H19N3S. The molecule has 0 amide bonds. The largest absolute Gasteiger partial charge is 0.330 e. The van der Waals surface area contributed by atoms with Gasteiger partial charge in [0.2, 0.25) is 0 Å². The summed E-state index contributed by atoms with van der Waals surface area (Å²) in [5.41, 5.74) is 2.32. The predicted molar refractivity (Wildman–Crippen MR) is 78.0 cm³/mol. The third-order valence-electron chi connectivity index (χ3n) is 3.67. The summed E-state index contributed by atoms with van der Waals surface area (Å²) >= 11 is 2.03. The topological polar surface area (TPSA) is 29.9 Å². The lowest BCUT2D eigenvalue weighted by Crippen LogP contribution is -2.40. The highest BCUT2D eigenvalue weighted by Gasteiger charge is 2.25. The van der Waals surface area contributed by atoms with Crippen LogP contribution in [0, 0.1) is 0 Å². The van der Waals surface area contributed by atoms with Crippen molar-refractivity contribution in [3.05, 3.63) is 30.1 Å². The van der Waals surface area contributed by atoms with Crippen LogP contribution in [-0.2, 0) is 7.05 Å². The molecule has 0 aliphatic carbocycles. The van der Waals surface area contributed by atoms with E-state index in [0.29, 0.717) is 12.1 Å². The van der Waals surface area contributed by atoms with Gasteiger partial charge in [-0.3, -0.25) is 0 Å². The number of nitrogens with one attached hydrogen (secondary N) is 1. The Balaban J connectivity index is 1.96. The number of nitrogens with zero attached hydrogens (tertiary/aromatic N) is 2. The molecule has 1 aliphatic rings. The van der Waals surface area contributed by atoms with E-state index in [2.05, 4.69) is 48.1 Å². The number of rotatable bonds is 2. The molecule has 1 fully saturated rings. The first-order valence-electron chi connectivity index (χ1n) is 6.54. The van der Waals surface area contributed by atoms with Crippen LogP contribution in [0.3, 0.4) is 0 Å². The van der Waals surface area contributed by atoms with Crippen LogP contribution in [-0.4, -0.2) is 27.1 Å². The van der Waals surface area contributed by atoms with E-state index in [1.54, 1.807) is 0 Å². The van der Waals surface area contributed by atoms with E-state index in [-0.39, 0.29) is 0 Å². The number of imidazole rings is 1. The Hall–Kier alpha value is -1.00. The molecule has 2 aromatic rings. The summed E-state index contributed by atoms with van der Waals surface area (Å²) in [6.07, 6.45) is 1.19. The molecule has 4 heteroatoms. The maximum Gasteiger partial charge on any atom is 0.127 e. The Morgan fingerprint density at radius 1 is 1.39 bits per heavy atom. The lowest BCUT2D eigenvalue weighted by atomic mass is 10.2. The van der Waals surface area contributed by atoms with E-state index >= 15 is 0 Å². The number of aromatic nitrogens is 2. The first-order chi connectivity index (χ1) is 8.79. The van der Waals surface area contributed by atoms with Crippen LogP contribution in [0.5, 0.6) is 0 Å². The Bertz CT molecular complexity index is 549. The molecule has 1 saturated heterocycles. The van der Waals surface area contributed by atoms with Gasteiger partial charge < -0.3 is 9.88 Å². The van der Waals surface area contributed by atoms with E-state index in [1.807, 2.05) is 11.8 Å². The molecule has 96 valence electrons. The molecule has 2 unspecified atom stereocenters. The molecule has 1 N–H and O–H groups in total. The molecule has 0 radical (unpaired) electrons. The molecular weight excluding hydrogens is 242 g/mol. The highest BCUT2D eigenvalue weighted by molar-refractivity contribution is 7.99. The number of aryl methyl sites for hydroxylation is 1. The minimum Gasteiger partial charge on any atom is -0.330 e. The van der Waals surface area contributed by atoms with Gasteiger partial charge in [-0.05, 0) is 18.6 Å². The number of fused-ring (bicyclic) bond motifs is 1. The van der Waals surface area contributed by atoms with E-state index < -0.39 is 0 Å². The lowest BCUT2D eigenvalue weighted by Gasteiger charge is -2.29. The maximum absolute atomic E-state index is 4.79. The molecule has 1 aliphatic heterocycles. The van der Waals surface area contributed by atoms with Crippen LogP contribution in [0.15, 0.2) is 24.3 Å². The monoisotopic (exact) mass is 261 g/mol. The molecule has 3 nitrogen and oxygen atoms in total. The average Bonchev–Trinajstić information content (AvgIpc) is 2.77. The first kappa shape index (κ1) is 12.1. The van der Waals surface area contributed by atoms with Crippen molar-refractivity contribution in [1.82, 2.24) is 14.9 Å². The van der Waals surface area contributed by atoms with Gasteiger partial charge in [-0.25, -0.2) is 4.98 Å². The van der Waals surface area contributed by atoms with E-state index in [0.717, 1.165) is 11.3 Å². The van der Waals surface area contributed by atoms with Crippen molar-refractivity contribution >= 4 is 22.8 Å². The van der Waals surface area contributed by atoms with Crippen molar-refractivity contribution in [3.8, 4) is 0 Å². The zero-order chi connectivity index (χ0) is 12.5. The predicted octanol–water partition coefficient (Wildman–Crippen LogP) is 2.73. The fraction of sp³-hybridized carbons (Fsp3) is 0.500. The summed E-state index contributed by atoms with van der Waals surface area (Å²) in [6.45, 7) is 2.25. The fourth-order valence-electron chi connectivity index (χ4n) is 2.57. The molecule has 2 atom stereocenters. The Morgan fingerprint density at radius 2 is 2.22 bits per heavy atom. The molecule has 1 aromatic heterocycles. The molecule has 0 spiro atoms. The quantitative estimate of drug-likeness (QED) is 0.901. The Morgan fingerprint density at radius 3 is 3.00 bits per heavy atom. The second-order valence-corrected chi connectivity index (χ2v) is 5.95. The fourth-order valence-corrected chi connectivity index (χ4v) is 3.80. The molecule has 0 bridgehead atoms. The van der Waals surface area contributed by atoms with Crippen LogP contribution in [0.2, 0.25) is 0 Å². The highest BCUT2D eigenvalue weighted by atomic mass is 32.2. The third-order valence-corrected chi connectivity index (χ3v) is 4.87. The van der Waals surface area contributed by atoms with E-state index in [1.165, 1.54) is 23.5 Å². The zero-order valence-electron chi connectivity index (χ0n) is 10.9. The number of hydrogen-bond acceptors (Lipinski definition) is 3. The van der Waals surface area contributed by atoms with Gasteiger partial charge in [-0.2, -0.15) is 11.8 Å². The van der Waals surface area contributed by atoms with Gasteiger partial charge in [0.25, 0.3) is 0 Å². The average molecular weight is 261 g/mol. The molecule has 18 heavy (non-hydrogen) atoms. The molecule has 3 rings (SSSR count). The van der Waals surface area contributed by atoms with Crippen molar-refractivity contribution in [2.24, 2.45) is 7.05 Å². The Labute approximate surface area is 112 Å². The van der Waals surface area contributed by atoms with Crippen LogP contribution in [0.25, 0.3) is 11.0 Å². The zero-order valence-corrected chi connectivity index (χ0v) is 11.7. The van der Waals surface area contributed by atoms with Crippen molar-refractivity contribution in [1.29, 1.82) is 0 Å². The van der Waals surface area contributed by atoms with E-state index in [4.69, 9.17) is 4.98 Å². The molecule has 2 heterocycles. The van der Waals surface area contributed by atoms with Crippen LogP contribution in [0.1, 0.15) is 25.2 Å². The van der Waals surface area contributed by atoms with Gasteiger partial charge in [-0.1, -0.05) is 19.1 Å². The minimum absolute atomic E-state index is 0.381. The van der Waals surface area contributed by atoms with Gasteiger partial charge in [0.1, 0.15) is 5.82 Å². The van der Waals surface area contributed by atoms with Crippen molar-refractivity contribution < 1.29 is 0 Å². The lowest BCUT2D eigenvalue weighted by molar-refractivity contribution is 0.445. The standard InChI is InChI=1S/C14H19N3S/c1-3-10-8-18-9-12(15-10)14-16-11-6-4-5-7-13(11)17(14)2/h4-7,10,12,15H,3,8-9H2,1-2H3. The summed E-state index contributed by atoms with van der Waals surface area (Å²) in [6, 6.07) is 9.35. The number of hydrogen-bond donors (Lipinski definition) is 1. The van der Waals surface area contributed by atoms with Gasteiger partial charge in [0.15, 0.2) is 0 Å². The van der Waals surface area contributed by atoms with Crippen LogP contribution < -0.4 is 5.32 Å². The summed E-state index contributed by atoms with van der Waals surface area (Å²) in [5, 5.41) is 3.72. The highest BCUT2D eigenvalue weighted by Crippen LogP contribution is 2.27. The van der Waals surface area contributed by atoms with Gasteiger partial charge in [-0.15, -0.1) is 0 Å². The number of thioether (sulfide) groups is 1.